The number of likely N-dealkylation sites (tertiary alicyclic amines) is 1. The van der Waals surface area contributed by atoms with Gasteiger partial charge in [-0.3, -0.25) is 4.90 Å². The van der Waals surface area contributed by atoms with Gasteiger partial charge in [-0.15, -0.1) is 5.10 Å². The molecule has 0 amide bonds. The molecule has 7 heteroatoms. The van der Waals surface area contributed by atoms with Crippen LogP contribution in [0.4, 0.5) is 0 Å². The summed E-state index contributed by atoms with van der Waals surface area (Å²) in [6, 6.07) is 0.751. The number of aryl methyl sites for hydroxylation is 2. The molecule has 1 aromatic heterocycles. The van der Waals surface area contributed by atoms with Gasteiger partial charge in [-0.05, 0) is 56.1 Å². The molecular weight excluding hydrogens is 292 g/mol. The van der Waals surface area contributed by atoms with Gasteiger partial charge >= 0.3 is 0 Å². The van der Waals surface area contributed by atoms with Crippen LogP contribution in [0.25, 0.3) is 0 Å². The Labute approximate surface area is 139 Å². The van der Waals surface area contributed by atoms with E-state index >= 15 is 0 Å². The molecule has 7 nitrogen and oxygen atoms in total. The number of hydrogen-bond acceptors (Lipinski definition) is 6. The molecule has 0 saturated carbocycles. The molecule has 2 aliphatic rings. The van der Waals surface area contributed by atoms with E-state index in [-0.39, 0.29) is 0 Å². The monoisotopic (exact) mass is 322 g/mol. The summed E-state index contributed by atoms with van der Waals surface area (Å²) < 4.78 is 7.35. The van der Waals surface area contributed by atoms with Crippen LogP contribution in [-0.4, -0.2) is 82.0 Å². The molecular formula is C16H30N6O. The molecule has 1 aromatic rings. The van der Waals surface area contributed by atoms with Crippen molar-refractivity contribution < 1.29 is 4.74 Å². The van der Waals surface area contributed by atoms with Gasteiger partial charge in [0.1, 0.15) is 5.82 Å². The molecule has 1 atom stereocenters. The van der Waals surface area contributed by atoms with E-state index in [0.29, 0.717) is 0 Å². The maximum atomic E-state index is 5.44. The lowest BCUT2D eigenvalue weighted by atomic mass is 9.98. The van der Waals surface area contributed by atoms with Crippen LogP contribution in [-0.2, 0) is 11.3 Å². The minimum absolute atomic E-state index is 0.751. The van der Waals surface area contributed by atoms with Crippen molar-refractivity contribution >= 4 is 0 Å². The first-order valence-electron chi connectivity index (χ1n) is 9.10. The van der Waals surface area contributed by atoms with E-state index in [1.54, 1.807) is 0 Å². The van der Waals surface area contributed by atoms with Gasteiger partial charge in [0, 0.05) is 32.2 Å². The highest BCUT2D eigenvalue weighted by molar-refractivity contribution is 4.79. The first kappa shape index (κ1) is 16.8. The van der Waals surface area contributed by atoms with E-state index in [9.17, 15) is 0 Å². The van der Waals surface area contributed by atoms with E-state index in [4.69, 9.17) is 4.74 Å². The number of hydrogen-bond donors (Lipinski definition) is 0. The molecule has 130 valence electrons. The lowest BCUT2D eigenvalue weighted by molar-refractivity contribution is 0.0306. The lowest BCUT2D eigenvalue weighted by Gasteiger charge is -2.37. The number of piperidine rings is 1. The van der Waals surface area contributed by atoms with Crippen LogP contribution < -0.4 is 0 Å². The average Bonchev–Trinajstić information content (AvgIpc) is 3.00. The second-order valence-corrected chi connectivity index (χ2v) is 6.73. The van der Waals surface area contributed by atoms with E-state index in [0.717, 1.165) is 57.7 Å². The van der Waals surface area contributed by atoms with Gasteiger partial charge in [-0.2, -0.15) is 0 Å². The molecule has 0 unspecified atom stereocenters. The smallest absolute Gasteiger partial charge is 0.148 e. The minimum atomic E-state index is 0.751. The zero-order valence-electron chi connectivity index (χ0n) is 14.4. The minimum Gasteiger partial charge on any atom is -0.379 e. The van der Waals surface area contributed by atoms with Gasteiger partial charge in [0.2, 0.25) is 0 Å². The largest absolute Gasteiger partial charge is 0.379 e. The van der Waals surface area contributed by atoms with Gasteiger partial charge in [-0.1, -0.05) is 6.42 Å². The summed E-state index contributed by atoms with van der Waals surface area (Å²) in [5.41, 5.74) is 0. The average molecular weight is 322 g/mol. The number of rotatable bonds is 7. The van der Waals surface area contributed by atoms with Crippen molar-refractivity contribution in [2.75, 3.05) is 45.9 Å². The summed E-state index contributed by atoms with van der Waals surface area (Å²) in [5.74, 6) is 0.910. The molecule has 0 radical (unpaired) electrons. The van der Waals surface area contributed by atoms with Crippen LogP contribution in [0.15, 0.2) is 0 Å². The molecule has 0 aromatic carbocycles. The predicted molar refractivity (Wildman–Crippen MR) is 88.3 cm³/mol. The van der Waals surface area contributed by atoms with Gasteiger partial charge in [0.15, 0.2) is 0 Å². The van der Waals surface area contributed by atoms with E-state index in [1.807, 2.05) is 11.6 Å². The first-order chi connectivity index (χ1) is 11.3. The van der Waals surface area contributed by atoms with Crippen molar-refractivity contribution in [2.24, 2.45) is 0 Å². The Morgan fingerprint density at radius 1 is 1.09 bits per heavy atom. The molecule has 2 aliphatic heterocycles. The third-order valence-electron chi connectivity index (χ3n) is 5.16. The Hall–Kier alpha value is -1.05. The van der Waals surface area contributed by atoms with Gasteiger partial charge in [0.25, 0.3) is 0 Å². The van der Waals surface area contributed by atoms with Gasteiger partial charge in [0.05, 0.1) is 13.2 Å². The number of ether oxygens (including phenoxy) is 1. The quantitative estimate of drug-likeness (QED) is 0.745. The second-order valence-electron chi connectivity index (χ2n) is 6.73. The first-order valence-corrected chi connectivity index (χ1v) is 9.10. The van der Waals surface area contributed by atoms with Crippen molar-refractivity contribution in [3.05, 3.63) is 5.82 Å². The standard InChI is InChI=1S/C16H30N6O/c1-15-17-18-19-22(15)9-4-8-21-7-3-2-5-16(21)6-10-20-11-13-23-14-12-20/h16H,2-14H2,1H3/t16-/m0/s1. The van der Waals surface area contributed by atoms with E-state index in [1.165, 1.54) is 38.8 Å². The molecule has 0 N–H and O–H groups in total. The summed E-state index contributed by atoms with van der Waals surface area (Å²) in [6.07, 6.45) is 6.51. The number of tetrazole rings is 1. The van der Waals surface area contributed by atoms with Crippen molar-refractivity contribution in [1.82, 2.24) is 30.0 Å². The van der Waals surface area contributed by atoms with E-state index < -0.39 is 0 Å². The highest BCUT2D eigenvalue weighted by Gasteiger charge is 2.23. The van der Waals surface area contributed by atoms with Crippen LogP contribution in [0.1, 0.15) is 37.9 Å². The Kier molecular flexibility index (Phi) is 6.36. The highest BCUT2D eigenvalue weighted by atomic mass is 16.5. The maximum absolute atomic E-state index is 5.44. The van der Waals surface area contributed by atoms with Crippen molar-refractivity contribution in [1.29, 1.82) is 0 Å². The highest BCUT2D eigenvalue weighted by Crippen LogP contribution is 2.20. The number of aromatic nitrogens is 4. The summed E-state index contributed by atoms with van der Waals surface area (Å²) in [4.78, 5) is 5.25. The molecule has 3 heterocycles. The Bertz CT molecular complexity index is 459. The third-order valence-corrected chi connectivity index (χ3v) is 5.16. The molecule has 0 bridgehead atoms. The number of nitrogens with zero attached hydrogens (tertiary/aromatic N) is 6. The van der Waals surface area contributed by atoms with Crippen LogP contribution in [0.3, 0.4) is 0 Å². The second kappa shape index (κ2) is 8.70. The maximum Gasteiger partial charge on any atom is 0.148 e. The van der Waals surface area contributed by atoms with Crippen LogP contribution >= 0.6 is 0 Å². The van der Waals surface area contributed by atoms with Crippen molar-refractivity contribution in [2.45, 2.75) is 51.6 Å². The Morgan fingerprint density at radius 2 is 1.96 bits per heavy atom. The normalized spacial score (nSPS) is 24.1. The molecule has 0 aliphatic carbocycles. The Morgan fingerprint density at radius 3 is 2.74 bits per heavy atom. The fourth-order valence-corrected chi connectivity index (χ4v) is 3.72. The predicted octanol–water partition coefficient (Wildman–Crippen LogP) is 0.948. The molecule has 3 rings (SSSR count). The number of morpholine rings is 1. The van der Waals surface area contributed by atoms with Crippen LogP contribution in [0.2, 0.25) is 0 Å². The zero-order chi connectivity index (χ0) is 15.9. The van der Waals surface area contributed by atoms with Crippen molar-refractivity contribution in [3.8, 4) is 0 Å². The zero-order valence-corrected chi connectivity index (χ0v) is 14.4. The fraction of sp³-hybridized carbons (Fsp3) is 0.938. The summed E-state index contributed by atoms with van der Waals surface area (Å²) in [5, 5.41) is 11.7. The SMILES string of the molecule is Cc1nnnn1CCCN1CCCC[C@H]1CCN1CCOCC1. The summed E-state index contributed by atoms with van der Waals surface area (Å²) in [6.45, 7) is 10.5. The molecule has 23 heavy (non-hydrogen) atoms. The Balaban J connectivity index is 1.41. The van der Waals surface area contributed by atoms with E-state index in [2.05, 4.69) is 25.3 Å². The molecule has 2 saturated heterocycles. The van der Waals surface area contributed by atoms with Crippen molar-refractivity contribution in [3.63, 3.8) is 0 Å². The fourth-order valence-electron chi connectivity index (χ4n) is 3.72. The molecule has 0 spiro atoms. The van der Waals surface area contributed by atoms with Crippen LogP contribution in [0.5, 0.6) is 0 Å². The molecule has 2 fully saturated rings. The van der Waals surface area contributed by atoms with Gasteiger partial charge < -0.3 is 9.64 Å². The summed E-state index contributed by atoms with van der Waals surface area (Å²) >= 11 is 0. The van der Waals surface area contributed by atoms with Crippen LogP contribution in [0, 0.1) is 6.92 Å². The lowest BCUT2D eigenvalue weighted by Crippen LogP contribution is -2.44. The third kappa shape index (κ3) is 4.96. The topological polar surface area (TPSA) is 59.3 Å². The summed E-state index contributed by atoms with van der Waals surface area (Å²) in [7, 11) is 0. The van der Waals surface area contributed by atoms with Gasteiger partial charge in [-0.25, -0.2) is 4.68 Å².